The Labute approximate surface area is 109 Å². The fourth-order valence-electron chi connectivity index (χ4n) is 1.57. The van der Waals surface area contributed by atoms with E-state index in [4.69, 9.17) is 5.84 Å². The van der Waals surface area contributed by atoms with Gasteiger partial charge in [-0.15, -0.1) is 11.3 Å². The van der Waals surface area contributed by atoms with E-state index in [1.807, 2.05) is 24.4 Å². The lowest BCUT2D eigenvalue weighted by atomic mass is 10.1. The standard InChI is InChI=1S/C12H14N4OS/c1-8-2-3-9(10(6-8)16-13)12(17)15-7-11-14-4-5-18-11/h2-6,16H,7,13H2,1H3,(H,15,17). The van der Waals surface area contributed by atoms with E-state index in [-0.39, 0.29) is 5.91 Å². The van der Waals surface area contributed by atoms with Crippen LogP contribution in [-0.4, -0.2) is 10.9 Å². The molecule has 1 aromatic carbocycles. The van der Waals surface area contributed by atoms with E-state index < -0.39 is 0 Å². The Hall–Kier alpha value is -1.92. The summed E-state index contributed by atoms with van der Waals surface area (Å²) in [6, 6.07) is 5.46. The molecule has 0 atom stereocenters. The van der Waals surface area contributed by atoms with Crippen LogP contribution in [0.4, 0.5) is 5.69 Å². The van der Waals surface area contributed by atoms with Crippen LogP contribution < -0.4 is 16.6 Å². The highest BCUT2D eigenvalue weighted by Crippen LogP contribution is 2.16. The van der Waals surface area contributed by atoms with Crippen molar-refractivity contribution >= 4 is 22.9 Å². The van der Waals surface area contributed by atoms with E-state index in [0.717, 1.165) is 10.6 Å². The molecule has 18 heavy (non-hydrogen) atoms. The van der Waals surface area contributed by atoms with Crippen molar-refractivity contribution in [2.24, 2.45) is 5.84 Å². The van der Waals surface area contributed by atoms with Crippen LogP contribution in [0.5, 0.6) is 0 Å². The minimum Gasteiger partial charge on any atom is -0.345 e. The van der Waals surface area contributed by atoms with Crippen molar-refractivity contribution in [2.45, 2.75) is 13.5 Å². The van der Waals surface area contributed by atoms with Gasteiger partial charge in [-0.3, -0.25) is 10.6 Å². The Morgan fingerprint density at radius 2 is 2.33 bits per heavy atom. The number of nitrogens with zero attached hydrogens (tertiary/aromatic N) is 1. The Morgan fingerprint density at radius 1 is 1.50 bits per heavy atom. The van der Waals surface area contributed by atoms with Gasteiger partial charge in [-0.2, -0.15) is 0 Å². The summed E-state index contributed by atoms with van der Waals surface area (Å²) in [6.07, 6.45) is 1.71. The summed E-state index contributed by atoms with van der Waals surface area (Å²) in [5.74, 6) is 5.24. The van der Waals surface area contributed by atoms with Crippen LogP contribution in [-0.2, 0) is 6.54 Å². The van der Waals surface area contributed by atoms with Crippen LogP contribution in [0.2, 0.25) is 0 Å². The third-order valence-electron chi connectivity index (χ3n) is 2.46. The van der Waals surface area contributed by atoms with E-state index in [9.17, 15) is 4.79 Å². The number of nitrogens with one attached hydrogen (secondary N) is 2. The molecule has 0 saturated carbocycles. The lowest BCUT2D eigenvalue weighted by Gasteiger charge is -2.09. The average Bonchev–Trinajstić information content (AvgIpc) is 2.88. The number of thiazole rings is 1. The normalized spacial score (nSPS) is 10.1. The Morgan fingerprint density at radius 3 is 3.00 bits per heavy atom. The maximum Gasteiger partial charge on any atom is 0.253 e. The first kappa shape index (κ1) is 12.5. The Balaban J connectivity index is 2.09. The van der Waals surface area contributed by atoms with Gasteiger partial charge in [0.2, 0.25) is 0 Å². The highest BCUT2D eigenvalue weighted by molar-refractivity contribution is 7.09. The number of hydrogen-bond donors (Lipinski definition) is 3. The van der Waals surface area contributed by atoms with Gasteiger partial charge in [0, 0.05) is 11.6 Å². The van der Waals surface area contributed by atoms with E-state index in [2.05, 4.69) is 15.7 Å². The van der Waals surface area contributed by atoms with Gasteiger partial charge in [0.05, 0.1) is 17.8 Å². The van der Waals surface area contributed by atoms with Crippen molar-refractivity contribution < 1.29 is 4.79 Å². The molecular formula is C12H14N4OS. The van der Waals surface area contributed by atoms with Crippen molar-refractivity contribution in [3.05, 3.63) is 45.9 Å². The third kappa shape index (κ3) is 2.85. The smallest absolute Gasteiger partial charge is 0.253 e. The number of carbonyl (C=O) groups is 1. The molecule has 5 nitrogen and oxygen atoms in total. The number of nitrogens with two attached hydrogens (primary N) is 1. The summed E-state index contributed by atoms with van der Waals surface area (Å²) >= 11 is 1.51. The molecule has 2 rings (SSSR count). The zero-order valence-corrected chi connectivity index (χ0v) is 10.8. The van der Waals surface area contributed by atoms with Crippen LogP contribution in [0.1, 0.15) is 20.9 Å². The molecule has 1 amide bonds. The number of hydrogen-bond acceptors (Lipinski definition) is 5. The fraction of sp³-hybridized carbons (Fsp3) is 0.167. The second kappa shape index (κ2) is 5.61. The van der Waals surface area contributed by atoms with E-state index in [1.165, 1.54) is 11.3 Å². The van der Waals surface area contributed by atoms with Crippen LogP contribution in [0.25, 0.3) is 0 Å². The molecule has 4 N–H and O–H groups in total. The number of aryl methyl sites for hydroxylation is 1. The molecule has 2 aromatic rings. The molecule has 0 saturated heterocycles. The molecular weight excluding hydrogens is 248 g/mol. The molecule has 6 heteroatoms. The lowest BCUT2D eigenvalue weighted by molar-refractivity contribution is 0.0951. The second-order valence-electron chi connectivity index (χ2n) is 3.80. The van der Waals surface area contributed by atoms with Crippen molar-refractivity contribution in [3.8, 4) is 0 Å². The maximum absolute atomic E-state index is 12.0. The van der Waals surface area contributed by atoms with Gasteiger partial charge < -0.3 is 10.7 Å². The first-order chi connectivity index (χ1) is 8.70. The highest BCUT2D eigenvalue weighted by atomic mass is 32.1. The predicted molar refractivity (Wildman–Crippen MR) is 72.3 cm³/mol. The van der Waals surface area contributed by atoms with Crippen LogP contribution >= 0.6 is 11.3 Å². The molecule has 0 aliphatic heterocycles. The van der Waals surface area contributed by atoms with Crippen LogP contribution in [0, 0.1) is 6.92 Å². The zero-order valence-electron chi connectivity index (χ0n) is 9.93. The first-order valence-corrected chi connectivity index (χ1v) is 6.32. The summed E-state index contributed by atoms with van der Waals surface area (Å²) in [6.45, 7) is 2.37. The van der Waals surface area contributed by atoms with Gasteiger partial charge in [-0.25, -0.2) is 4.98 Å². The van der Waals surface area contributed by atoms with Crippen molar-refractivity contribution in [1.82, 2.24) is 10.3 Å². The number of anilines is 1. The quantitative estimate of drug-likeness (QED) is 0.578. The summed E-state index contributed by atoms with van der Waals surface area (Å²) in [5.41, 5.74) is 4.72. The largest absolute Gasteiger partial charge is 0.345 e. The SMILES string of the molecule is Cc1ccc(C(=O)NCc2nccs2)c(NN)c1. The minimum absolute atomic E-state index is 0.168. The minimum atomic E-state index is -0.168. The zero-order chi connectivity index (χ0) is 13.0. The maximum atomic E-state index is 12.0. The molecule has 94 valence electrons. The number of carbonyl (C=O) groups excluding carboxylic acids is 1. The van der Waals surface area contributed by atoms with Crippen LogP contribution in [0.15, 0.2) is 29.8 Å². The van der Waals surface area contributed by atoms with Gasteiger partial charge in [-0.1, -0.05) is 6.07 Å². The summed E-state index contributed by atoms with van der Waals surface area (Å²) in [5, 5.41) is 5.56. The third-order valence-corrected chi connectivity index (χ3v) is 3.24. The molecule has 0 bridgehead atoms. The predicted octanol–water partition coefficient (Wildman–Crippen LogP) is 1.67. The molecule has 0 spiro atoms. The number of hydrazine groups is 1. The molecule has 0 aliphatic carbocycles. The summed E-state index contributed by atoms with van der Waals surface area (Å²) < 4.78 is 0. The molecule has 1 aromatic heterocycles. The van der Waals surface area contributed by atoms with Crippen molar-refractivity contribution in [2.75, 3.05) is 5.43 Å². The molecule has 0 radical (unpaired) electrons. The van der Waals surface area contributed by atoms with Gasteiger partial charge in [0.25, 0.3) is 5.91 Å². The van der Waals surface area contributed by atoms with Gasteiger partial charge in [0.15, 0.2) is 0 Å². The Kier molecular flexibility index (Phi) is 3.91. The summed E-state index contributed by atoms with van der Waals surface area (Å²) in [4.78, 5) is 16.1. The number of nitrogen functional groups attached to an aromatic ring is 1. The van der Waals surface area contributed by atoms with Gasteiger partial charge in [0.1, 0.15) is 5.01 Å². The summed E-state index contributed by atoms with van der Waals surface area (Å²) in [7, 11) is 0. The monoisotopic (exact) mass is 262 g/mol. The lowest BCUT2D eigenvalue weighted by Crippen LogP contribution is -2.24. The number of rotatable bonds is 4. The van der Waals surface area contributed by atoms with Crippen LogP contribution in [0.3, 0.4) is 0 Å². The molecule has 0 aliphatic rings. The second-order valence-corrected chi connectivity index (χ2v) is 4.78. The van der Waals surface area contributed by atoms with Gasteiger partial charge >= 0.3 is 0 Å². The van der Waals surface area contributed by atoms with Crippen molar-refractivity contribution in [3.63, 3.8) is 0 Å². The average molecular weight is 262 g/mol. The molecule has 1 heterocycles. The molecule has 0 fully saturated rings. The van der Waals surface area contributed by atoms with E-state index >= 15 is 0 Å². The Bertz CT molecular complexity index is 539. The number of benzene rings is 1. The van der Waals surface area contributed by atoms with Crippen molar-refractivity contribution in [1.29, 1.82) is 0 Å². The number of amides is 1. The topological polar surface area (TPSA) is 80.0 Å². The van der Waals surface area contributed by atoms with E-state index in [0.29, 0.717) is 17.8 Å². The highest BCUT2D eigenvalue weighted by Gasteiger charge is 2.11. The molecule has 0 unspecified atom stereocenters. The number of aromatic nitrogens is 1. The fourth-order valence-corrected chi connectivity index (χ4v) is 2.12. The first-order valence-electron chi connectivity index (χ1n) is 5.44. The van der Waals surface area contributed by atoms with Gasteiger partial charge in [-0.05, 0) is 24.6 Å². The van der Waals surface area contributed by atoms with E-state index in [1.54, 1.807) is 12.3 Å².